The molecule has 0 saturated carbocycles. The summed E-state index contributed by atoms with van der Waals surface area (Å²) in [6, 6.07) is 14.9. The predicted octanol–water partition coefficient (Wildman–Crippen LogP) is 5.50. The number of unbranched alkanes of at least 4 members (excludes halogenated alkanes) is 3. The van der Waals surface area contributed by atoms with Gasteiger partial charge in [-0.1, -0.05) is 101 Å². The minimum Gasteiger partial charge on any atom is -0.379 e. The number of carbonyl (C=O) groups excluding carboxylic acids is 6. The molecular formula is C52H80Cl2N8O8S2. The van der Waals surface area contributed by atoms with E-state index in [4.69, 9.17) is 9.47 Å². The van der Waals surface area contributed by atoms with Crippen LogP contribution in [0.1, 0.15) is 116 Å². The minimum absolute atomic E-state index is 0. The number of amides is 6. The first-order valence-electron chi connectivity index (χ1n) is 25.2. The van der Waals surface area contributed by atoms with Crippen molar-refractivity contribution in [3.63, 3.8) is 0 Å². The summed E-state index contributed by atoms with van der Waals surface area (Å²) in [5.41, 5.74) is 0.831. The molecule has 72 heavy (non-hydrogen) atoms. The molecule has 0 unspecified atom stereocenters. The summed E-state index contributed by atoms with van der Waals surface area (Å²) >= 11 is 3.34. The molecule has 2 aromatic carbocycles. The van der Waals surface area contributed by atoms with Gasteiger partial charge in [0.25, 0.3) is 0 Å². The number of halogens is 2. The Morgan fingerprint density at radius 1 is 0.611 bits per heavy atom. The van der Waals surface area contributed by atoms with Crippen LogP contribution in [0.2, 0.25) is 0 Å². The predicted molar refractivity (Wildman–Crippen MR) is 290 cm³/mol. The monoisotopic (exact) mass is 1080 g/mol. The molecule has 0 bridgehead atoms. The third kappa shape index (κ3) is 15.5. The molecule has 402 valence electrons. The van der Waals surface area contributed by atoms with Crippen molar-refractivity contribution in [3.05, 3.63) is 71.8 Å². The van der Waals surface area contributed by atoms with Crippen LogP contribution in [0.4, 0.5) is 0 Å². The molecule has 10 atom stereocenters. The molecule has 4 saturated heterocycles. The van der Waals surface area contributed by atoms with Gasteiger partial charge >= 0.3 is 0 Å². The van der Waals surface area contributed by atoms with Crippen molar-refractivity contribution < 1.29 is 38.2 Å². The molecule has 0 spiro atoms. The number of hydrogen-bond acceptors (Lipinski definition) is 12. The average Bonchev–Trinajstić information content (AvgIpc) is 3.66. The number of nitrogens with zero attached hydrogens (tertiary/aromatic N) is 2. The van der Waals surface area contributed by atoms with Gasteiger partial charge in [-0.15, -0.1) is 48.3 Å². The summed E-state index contributed by atoms with van der Waals surface area (Å²) in [7, 11) is 3.41. The zero-order valence-corrected chi connectivity index (χ0v) is 46.5. The molecule has 4 aliphatic rings. The van der Waals surface area contributed by atoms with Crippen molar-refractivity contribution in [1.82, 2.24) is 41.7 Å². The third-order valence-electron chi connectivity index (χ3n) is 14.3. The van der Waals surface area contributed by atoms with E-state index >= 15 is 0 Å². The number of carbonyl (C=O) groups is 6. The highest BCUT2D eigenvalue weighted by Crippen LogP contribution is 2.48. The lowest BCUT2D eigenvalue weighted by molar-refractivity contribution is -0.144. The van der Waals surface area contributed by atoms with Gasteiger partial charge in [0.15, 0.2) is 0 Å². The highest BCUT2D eigenvalue weighted by Gasteiger charge is 2.56. The van der Waals surface area contributed by atoms with Crippen LogP contribution in [-0.2, 0) is 38.2 Å². The molecule has 20 heteroatoms. The maximum absolute atomic E-state index is 14.4. The number of nitrogens with one attached hydrogen (secondary N) is 6. The van der Waals surface area contributed by atoms with Crippen molar-refractivity contribution in [2.75, 3.05) is 52.0 Å². The summed E-state index contributed by atoms with van der Waals surface area (Å²) in [4.78, 5) is 86.1. The molecule has 4 fully saturated rings. The molecule has 16 nitrogen and oxygen atoms in total. The fraction of sp³-hybridized carbons (Fsp3) is 0.654. The molecular weight excluding hydrogens is 1000 g/mol. The number of benzene rings is 2. The summed E-state index contributed by atoms with van der Waals surface area (Å²) in [6.45, 7) is 13.2. The molecule has 4 heterocycles. The number of ether oxygens (including phenoxy) is 2. The van der Waals surface area contributed by atoms with Crippen molar-refractivity contribution in [2.24, 2.45) is 10.8 Å². The molecule has 6 N–H and O–H groups in total. The first kappa shape index (κ1) is 60.9. The van der Waals surface area contributed by atoms with E-state index in [-0.39, 0.29) is 84.2 Å². The van der Waals surface area contributed by atoms with E-state index in [1.807, 2.05) is 88.4 Å². The largest absolute Gasteiger partial charge is 0.379 e. The van der Waals surface area contributed by atoms with Gasteiger partial charge in [-0.2, -0.15) is 0 Å². The standard InChI is InChI=1S/C52H78N8O8S2.2ClH/c1-33(53-7)45(61)55-37-23-27-69-41-29-51(3,4)43(59(41)49(37)65)47(63)57-39(35-19-13-11-14-20-35)31-67-25-17-9-10-18-26-68-32-40(36-21-15-12-16-22-36)58-48(64)44-52(5,6)30-42-60(44)50(66)38(24-28-70-42)56-46(62)34(2)54-8;;/h11-16,19-22,33-34,37-44,53-54H,9-10,17-18,23-32H2,1-8H3,(H,55,61)(H,56,62)(H,57,63)(H,58,64);2*1H/t33-,34-,37-,38-,39+,40+,41-,42-,43+,44+;;/m0../s1. The second-order valence-corrected chi connectivity index (χ2v) is 23.1. The highest BCUT2D eigenvalue weighted by molar-refractivity contribution is 8.00. The van der Waals surface area contributed by atoms with Gasteiger partial charge in [-0.3, -0.25) is 28.8 Å². The normalized spacial score (nSPS) is 24.9. The van der Waals surface area contributed by atoms with E-state index in [2.05, 4.69) is 31.9 Å². The van der Waals surface area contributed by atoms with Gasteiger partial charge in [0.1, 0.15) is 24.2 Å². The fourth-order valence-electron chi connectivity index (χ4n) is 10.0. The van der Waals surface area contributed by atoms with Crippen molar-refractivity contribution in [2.45, 2.75) is 152 Å². The quantitative estimate of drug-likeness (QED) is 0.0766. The molecule has 2 aromatic rings. The maximum atomic E-state index is 14.4. The van der Waals surface area contributed by atoms with Gasteiger partial charge in [-0.25, -0.2) is 0 Å². The Labute approximate surface area is 448 Å². The summed E-state index contributed by atoms with van der Waals surface area (Å²) in [5.74, 6) is -0.00348. The summed E-state index contributed by atoms with van der Waals surface area (Å²) < 4.78 is 12.4. The minimum atomic E-state index is -0.720. The number of thioether (sulfide) groups is 2. The van der Waals surface area contributed by atoms with Crippen LogP contribution in [-0.4, -0.2) is 144 Å². The van der Waals surface area contributed by atoms with Gasteiger partial charge < -0.3 is 51.2 Å². The topological polar surface area (TPSA) is 200 Å². The van der Waals surface area contributed by atoms with Crippen LogP contribution in [0.25, 0.3) is 0 Å². The molecule has 0 radical (unpaired) electrons. The lowest BCUT2D eigenvalue weighted by Gasteiger charge is -2.35. The lowest BCUT2D eigenvalue weighted by Crippen LogP contribution is -2.58. The molecule has 0 aromatic heterocycles. The van der Waals surface area contributed by atoms with Crippen LogP contribution >= 0.6 is 48.3 Å². The Bertz CT molecular complexity index is 1950. The maximum Gasteiger partial charge on any atom is 0.246 e. The Kier molecular flexibility index (Phi) is 24.0. The number of fused-ring (bicyclic) bond motifs is 2. The number of rotatable bonds is 23. The van der Waals surface area contributed by atoms with E-state index in [0.717, 1.165) is 36.8 Å². The molecule has 0 aliphatic carbocycles. The zero-order valence-electron chi connectivity index (χ0n) is 43.2. The lowest BCUT2D eigenvalue weighted by atomic mass is 9.83. The molecule has 4 aliphatic heterocycles. The molecule has 6 amide bonds. The van der Waals surface area contributed by atoms with E-state index in [9.17, 15) is 28.8 Å². The Balaban J connectivity index is 0.00000562. The Hall–Kier alpha value is -3.62. The van der Waals surface area contributed by atoms with Crippen molar-refractivity contribution in [3.8, 4) is 0 Å². The Morgan fingerprint density at radius 2 is 0.972 bits per heavy atom. The summed E-state index contributed by atoms with van der Waals surface area (Å²) in [6.07, 6.45) is 5.80. The van der Waals surface area contributed by atoms with Crippen LogP contribution in [0.5, 0.6) is 0 Å². The fourth-order valence-corrected chi connectivity index (χ4v) is 13.2. The highest BCUT2D eigenvalue weighted by atomic mass is 35.5. The van der Waals surface area contributed by atoms with Crippen LogP contribution in [0.15, 0.2) is 60.7 Å². The van der Waals surface area contributed by atoms with Crippen LogP contribution in [0, 0.1) is 10.8 Å². The van der Waals surface area contributed by atoms with Gasteiger partial charge in [-0.05, 0) is 99.9 Å². The van der Waals surface area contributed by atoms with E-state index in [0.29, 0.717) is 50.4 Å². The van der Waals surface area contributed by atoms with Gasteiger partial charge in [0, 0.05) is 13.2 Å². The summed E-state index contributed by atoms with van der Waals surface area (Å²) in [5, 5.41) is 17.9. The molecule has 6 rings (SSSR count). The van der Waals surface area contributed by atoms with Crippen LogP contribution in [0.3, 0.4) is 0 Å². The van der Waals surface area contributed by atoms with Gasteiger partial charge in [0.05, 0.1) is 48.1 Å². The van der Waals surface area contributed by atoms with Gasteiger partial charge in [0.2, 0.25) is 35.4 Å². The number of hydrogen-bond donors (Lipinski definition) is 6. The number of likely N-dealkylation sites (N-methyl/N-ethyl adjacent to an activating group) is 2. The SMILES string of the molecule is CN[C@@H](C)C(=O)N[C@H]1CCS[C@H]2CC(C)(C)[C@@H](C(=O)N[C@H](COCCCCCCOC[C@@H](NC(=O)[C@H]3N4C(=O)[C@@H](NC(=O)[C@H](C)NC)CCS[C@H]4CC3(C)C)c3ccccc3)c3ccccc3)N2C1=O.Cl.Cl. The second kappa shape index (κ2) is 28.3. The smallest absolute Gasteiger partial charge is 0.246 e. The Morgan fingerprint density at radius 3 is 1.32 bits per heavy atom. The van der Waals surface area contributed by atoms with Crippen molar-refractivity contribution in [1.29, 1.82) is 0 Å². The van der Waals surface area contributed by atoms with E-state index in [1.54, 1.807) is 61.3 Å². The van der Waals surface area contributed by atoms with E-state index in [1.165, 1.54) is 0 Å². The van der Waals surface area contributed by atoms with E-state index < -0.39 is 59.2 Å². The average molecular weight is 1080 g/mol. The first-order chi connectivity index (χ1) is 33.5. The van der Waals surface area contributed by atoms with Crippen molar-refractivity contribution >= 4 is 83.8 Å². The first-order valence-corrected chi connectivity index (χ1v) is 27.3. The third-order valence-corrected chi connectivity index (χ3v) is 16.8. The zero-order chi connectivity index (χ0) is 50.6. The van der Waals surface area contributed by atoms with Crippen LogP contribution < -0.4 is 31.9 Å². The second-order valence-electron chi connectivity index (χ2n) is 20.6.